The van der Waals surface area contributed by atoms with E-state index < -0.39 is 6.09 Å². The Morgan fingerprint density at radius 3 is 2.91 bits per heavy atom. The van der Waals surface area contributed by atoms with E-state index in [-0.39, 0.29) is 17.9 Å². The van der Waals surface area contributed by atoms with Crippen LogP contribution in [0.15, 0.2) is 42.5 Å². The highest BCUT2D eigenvalue weighted by Gasteiger charge is 2.27. The lowest BCUT2D eigenvalue weighted by atomic mass is 10.0. The Hall–Kier alpha value is -3.39. The molecule has 2 unspecified atom stereocenters. The number of benzene rings is 2. The number of alkyl carbamates (subject to hydrolysis) is 1. The summed E-state index contributed by atoms with van der Waals surface area (Å²) in [5.41, 5.74) is 2.53. The number of aromatic hydroxyl groups is 1. The number of fused-ring (bicyclic) bond motifs is 1. The summed E-state index contributed by atoms with van der Waals surface area (Å²) < 4.78 is 10.8. The average Bonchev–Trinajstić information content (AvgIpc) is 3.31. The molecule has 2 saturated heterocycles. The third kappa shape index (κ3) is 4.71. The number of nitrogens with one attached hydrogen (secondary N) is 1. The summed E-state index contributed by atoms with van der Waals surface area (Å²) in [7, 11) is 0. The number of ether oxygens (including phenoxy) is 2. The van der Waals surface area contributed by atoms with E-state index in [1.54, 1.807) is 12.1 Å². The molecule has 2 aliphatic heterocycles. The third-order valence-corrected chi connectivity index (χ3v) is 6.18. The molecule has 33 heavy (non-hydrogen) atoms. The predicted octanol–water partition coefficient (Wildman–Crippen LogP) is 3.79. The molecule has 2 atom stereocenters. The number of hydrogen-bond donors (Lipinski definition) is 2. The van der Waals surface area contributed by atoms with Crippen molar-refractivity contribution in [2.45, 2.75) is 38.3 Å². The molecule has 2 aromatic carbocycles. The molecule has 3 heterocycles. The first kappa shape index (κ1) is 21.5. The van der Waals surface area contributed by atoms with Crippen LogP contribution in [0.4, 0.5) is 10.6 Å². The Balaban J connectivity index is 1.43. The van der Waals surface area contributed by atoms with Gasteiger partial charge < -0.3 is 24.8 Å². The summed E-state index contributed by atoms with van der Waals surface area (Å²) in [4.78, 5) is 24.2. The van der Waals surface area contributed by atoms with E-state index in [4.69, 9.17) is 19.4 Å². The lowest BCUT2D eigenvalue weighted by Gasteiger charge is -2.34. The van der Waals surface area contributed by atoms with Gasteiger partial charge in [-0.25, -0.2) is 14.8 Å². The molecule has 0 bridgehead atoms. The molecular formula is C25H28N4O4. The van der Waals surface area contributed by atoms with Crippen molar-refractivity contribution in [3.63, 3.8) is 0 Å². The number of hydrogen-bond acceptors (Lipinski definition) is 7. The second-order valence-corrected chi connectivity index (χ2v) is 8.73. The molecule has 2 N–H and O–H groups in total. The second-order valence-electron chi connectivity index (χ2n) is 8.73. The standard InChI is InChI=1S/C25H28N4O4/c1-16-8-9-19-21(13-16)27-23(20-6-2-3-7-22(20)30)28-24(19)29-11-4-5-17(14-29)26-25(31)33-18-10-12-32-15-18/h2-3,6-9,13,17-18,30H,4-5,10-12,14-15H2,1H3,(H,26,31). The van der Waals surface area contributed by atoms with Crippen molar-refractivity contribution in [1.82, 2.24) is 15.3 Å². The number of carbonyl (C=O) groups is 1. The first-order chi connectivity index (χ1) is 16.1. The Bertz CT molecular complexity index is 1160. The molecule has 172 valence electrons. The van der Waals surface area contributed by atoms with Crippen LogP contribution in [0.3, 0.4) is 0 Å². The van der Waals surface area contributed by atoms with Crippen LogP contribution in [0.5, 0.6) is 5.75 Å². The van der Waals surface area contributed by atoms with E-state index >= 15 is 0 Å². The maximum absolute atomic E-state index is 12.4. The van der Waals surface area contributed by atoms with Gasteiger partial charge in [0.1, 0.15) is 17.7 Å². The van der Waals surface area contributed by atoms with Crippen LogP contribution in [0.2, 0.25) is 0 Å². The fourth-order valence-corrected chi connectivity index (χ4v) is 4.49. The van der Waals surface area contributed by atoms with E-state index in [1.165, 1.54) is 0 Å². The van der Waals surface area contributed by atoms with Crippen molar-refractivity contribution in [2.24, 2.45) is 0 Å². The van der Waals surface area contributed by atoms with Crippen LogP contribution in [0, 0.1) is 6.92 Å². The molecule has 0 spiro atoms. The number of aromatic nitrogens is 2. The molecule has 8 heteroatoms. The quantitative estimate of drug-likeness (QED) is 0.627. The average molecular weight is 449 g/mol. The summed E-state index contributed by atoms with van der Waals surface area (Å²) in [5.74, 6) is 1.44. The van der Waals surface area contributed by atoms with Gasteiger partial charge in [-0.2, -0.15) is 0 Å². The first-order valence-corrected chi connectivity index (χ1v) is 11.4. The van der Waals surface area contributed by atoms with E-state index in [9.17, 15) is 9.90 Å². The van der Waals surface area contributed by atoms with Crippen molar-refractivity contribution in [2.75, 3.05) is 31.2 Å². The maximum atomic E-state index is 12.4. The van der Waals surface area contributed by atoms with Gasteiger partial charge in [0.05, 0.1) is 24.3 Å². The van der Waals surface area contributed by atoms with Gasteiger partial charge in [-0.15, -0.1) is 0 Å². The van der Waals surface area contributed by atoms with E-state index in [0.717, 1.165) is 48.1 Å². The van der Waals surface area contributed by atoms with Gasteiger partial charge in [0.15, 0.2) is 5.82 Å². The number of aryl methyl sites for hydroxylation is 1. The van der Waals surface area contributed by atoms with Gasteiger partial charge in [0, 0.05) is 30.9 Å². The Kier molecular flexibility index (Phi) is 6.00. The van der Waals surface area contributed by atoms with Crippen LogP contribution in [-0.4, -0.2) is 59.6 Å². The number of anilines is 1. The molecule has 1 amide bonds. The van der Waals surface area contributed by atoms with Crippen LogP contribution < -0.4 is 10.2 Å². The smallest absolute Gasteiger partial charge is 0.407 e. The zero-order chi connectivity index (χ0) is 22.8. The SMILES string of the molecule is Cc1ccc2c(N3CCCC(NC(=O)OC4CCOC4)C3)nc(-c3ccccc3O)nc2c1. The summed E-state index contributed by atoms with van der Waals surface area (Å²) in [5, 5.41) is 14.4. The van der Waals surface area contributed by atoms with Gasteiger partial charge in [-0.1, -0.05) is 18.2 Å². The lowest BCUT2D eigenvalue weighted by Crippen LogP contribution is -2.48. The molecule has 0 saturated carbocycles. The largest absolute Gasteiger partial charge is 0.507 e. The number of piperidine rings is 1. The molecule has 0 radical (unpaired) electrons. The zero-order valence-corrected chi connectivity index (χ0v) is 18.7. The molecule has 2 aliphatic rings. The van der Waals surface area contributed by atoms with E-state index in [2.05, 4.69) is 16.3 Å². The molecule has 8 nitrogen and oxygen atoms in total. The van der Waals surface area contributed by atoms with Gasteiger partial charge in [-0.3, -0.25) is 0 Å². The summed E-state index contributed by atoms with van der Waals surface area (Å²) in [6, 6.07) is 13.2. The Morgan fingerprint density at radius 1 is 1.21 bits per heavy atom. The number of phenols is 1. The van der Waals surface area contributed by atoms with Gasteiger partial charge in [0.25, 0.3) is 0 Å². The molecule has 1 aromatic heterocycles. The fraction of sp³-hybridized carbons (Fsp3) is 0.400. The number of phenolic OH excluding ortho intramolecular Hbond substituents is 1. The molecule has 0 aliphatic carbocycles. The Labute approximate surface area is 192 Å². The van der Waals surface area contributed by atoms with Crippen LogP contribution >= 0.6 is 0 Å². The summed E-state index contributed by atoms with van der Waals surface area (Å²) >= 11 is 0. The first-order valence-electron chi connectivity index (χ1n) is 11.4. The monoisotopic (exact) mass is 448 g/mol. The highest BCUT2D eigenvalue weighted by molar-refractivity contribution is 5.92. The molecule has 5 rings (SSSR count). The highest BCUT2D eigenvalue weighted by atomic mass is 16.6. The van der Waals surface area contributed by atoms with Crippen molar-refractivity contribution < 1.29 is 19.4 Å². The van der Waals surface area contributed by atoms with E-state index in [1.807, 2.05) is 31.2 Å². The number of rotatable bonds is 4. The van der Waals surface area contributed by atoms with Gasteiger partial charge in [-0.05, 0) is 49.6 Å². The minimum atomic E-state index is -0.393. The van der Waals surface area contributed by atoms with Gasteiger partial charge >= 0.3 is 6.09 Å². The fourth-order valence-electron chi connectivity index (χ4n) is 4.49. The van der Waals surface area contributed by atoms with Crippen molar-refractivity contribution in [3.8, 4) is 17.1 Å². The van der Waals surface area contributed by atoms with Crippen molar-refractivity contribution >= 4 is 22.8 Å². The van der Waals surface area contributed by atoms with E-state index in [0.29, 0.717) is 31.1 Å². The predicted molar refractivity (Wildman–Crippen MR) is 125 cm³/mol. The highest BCUT2D eigenvalue weighted by Crippen LogP contribution is 2.33. The van der Waals surface area contributed by atoms with Crippen LogP contribution in [-0.2, 0) is 9.47 Å². The minimum absolute atomic E-state index is 0.0439. The number of amides is 1. The molecular weight excluding hydrogens is 420 g/mol. The molecule has 2 fully saturated rings. The second kappa shape index (κ2) is 9.23. The van der Waals surface area contributed by atoms with Crippen LogP contribution in [0.1, 0.15) is 24.8 Å². The Morgan fingerprint density at radius 2 is 2.09 bits per heavy atom. The number of nitrogens with zero attached hydrogens (tertiary/aromatic N) is 3. The van der Waals surface area contributed by atoms with Crippen LogP contribution in [0.25, 0.3) is 22.3 Å². The zero-order valence-electron chi connectivity index (χ0n) is 18.7. The minimum Gasteiger partial charge on any atom is -0.507 e. The summed E-state index contributed by atoms with van der Waals surface area (Å²) in [6.45, 7) is 4.57. The summed E-state index contributed by atoms with van der Waals surface area (Å²) in [6.07, 6.45) is 1.98. The van der Waals surface area contributed by atoms with Gasteiger partial charge in [0.2, 0.25) is 0 Å². The third-order valence-electron chi connectivity index (χ3n) is 6.18. The van der Waals surface area contributed by atoms with Crippen molar-refractivity contribution in [3.05, 3.63) is 48.0 Å². The molecule has 3 aromatic rings. The maximum Gasteiger partial charge on any atom is 0.407 e. The normalized spacial score (nSPS) is 20.7. The number of carbonyl (C=O) groups excluding carboxylic acids is 1. The lowest BCUT2D eigenvalue weighted by molar-refractivity contribution is 0.0803. The van der Waals surface area contributed by atoms with Crippen molar-refractivity contribution in [1.29, 1.82) is 0 Å². The topological polar surface area (TPSA) is 96.8 Å². The number of para-hydroxylation sites is 1.